The summed E-state index contributed by atoms with van der Waals surface area (Å²) < 4.78 is 19.2. The summed E-state index contributed by atoms with van der Waals surface area (Å²) in [5.74, 6) is -0.469. The highest BCUT2D eigenvalue weighted by Crippen LogP contribution is 2.15. The molecule has 1 aromatic rings. The summed E-state index contributed by atoms with van der Waals surface area (Å²) in [5, 5.41) is 11.6. The minimum absolute atomic E-state index is 0.0841. The summed E-state index contributed by atoms with van der Waals surface area (Å²) in [6.45, 7) is 5.08. The van der Waals surface area contributed by atoms with Gasteiger partial charge in [0, 0.05) is 25.2 Å². The predicted molar refractivity (Wildman–Crippen MR) is 74.2 cm³/mol. The molecule has 110 valence electrons. The Morgan fingerprint density at radius 1 is 1.55 bits per heavy atom. The number of nitrogens with two attached hydrogens (primary N) is 1. The third kappa shape index (κ3) is 3.68. The summed E-state index contributed by atoms with van der Waals surface area (Å²) in [6, 6.07) is 4.48. The van der Waals surface area contributed by atoms with Gasteiger partial charge in [-0.15, -0.1) is 0 Å². The predicted octanol–water partition coefficient (Wildman–Crippen LogP) is 1.53. The molecular weight excluding hydrogens is 261 g/mol. The second-order valence-electron chi connectivity index (χ2n) is 4.97. The van der Waals surface area contributed by atoms with E-state index >= 15 is 0 Å². The van der Waals surface area contributed by atoms with Crippen LogP contribution in [0.25, 0.3) is 0 Å². The zero-order valence-electron chi connectivity index (χ0n) is 11.6. The lowest BCUT2D eigenvalue weighted by molar-refractivity contribution is -0.0324. The number of morpholine rings is 1. The van der Waals surface area contributed by atoms with Gasteiger partial charge >= 0.3 is 0 Å². The van der Waals surface area contributed by atoms with E-state index in [4.69, 9.17) is 15.7 Å². The molecule has 1 atom stereocenters. The summed E-state index contributed by atoms with van der Waals surface area (Å²) in [4.78, 5) is 2.22. The highest BCUT2D eigenvalue weighted by Gasteiger charge is 2.19. The van der Waals surface area contributed by atoms with Gasteiger partial charge in [-0.1, -0.05) is 12.1 Å². The summed E-state index contributed by atoms with van der Waals surface area (Å²) in [7, 11) is 0. The number of benzene rings is 1. The standard InChI is InChI=1S/C14H20FN3O2/c1-2-13-9-18(3-4-20-13)8-10-5-11(14(16)17-19)7-12(15)6-10/h5-7,13,19H,2-4,8-9H2,1H3,(H2,16,17). The number of amidine groups is 1. The van der Waals surface area contributed by atoms with E-state index in [1.807, 2.05) is 0 Å². The SMILES string of the molecule is CCC1CN(Cc2cc(F)cc(/C(N)=N/O)c2)CCO1. The number of nitrogens with zero attached hydrogens (tertiary/aromatic N) is 2. The molecule has 3 N–H and O–H groups in total. The molecule has 0 saturated carbocycles. The normalized spacial score (nSPS) is 21.1. The lowest BCUT2D eigenvalue weighted by atomic mass is 10.1. The Morgan fingerprint density at radius 3 is 3.05 bits per heavy atom. The molecule has 2 rings (SSSR count). The number of hydrogen-bond donors (Lipinski definition) is 2. The number of ether oxygens (including phenoxy) is 1. The van der Waals surface area contributed by atoms with E-state index in [0.717, 1.165) is 25.1 Å². The zero-order chi connectivity index (χ0) is 14.5. The average Bonchev–Trinajstić information content (AvgIpc) is 2.46. The molecule has 1 saturated heterocycles. The van der Waals surface area contributed by atoms with Crippen molar-refractivity contribution in [2.75, 3.05) is 19.7 Å². The quantitative estimate of drug-likeness (QED) is 0.380. The fourth-order valence-electron chi connectivity index (χ4n) is 2.38. The van der Waals surface area contributed by atoms with E-state index in [2.05, 4.69) is 17.0 Å². The first-order valence-corrected chi connectivity index (χ1v) is 6.73. The van der Waals surface area contributed by atoms with E-state index in [-0.39, 0.29) is 17.8 Å². The van der Waals surface area contributed by atoms with Crippen LogP contribution in [0.3, 0.4) is 0 Å². The molecule has 0 amide bonds. The largest absolute Gasteiger partial charge is 0.409 e. The van der Waals surface area contributed by atoms with Crippen LogP contribution >= 0.6 is 0 Å². The van der Waals surface area contributed by atoms with E-state index in [1.165, 1.54) is 12.1 Å². The molecule has 6 heteroatoms. The Hall–Kier alpha value is -1.66. The van der Waals surface area contributed by atoms with Gasteiger partial charge in [0.2, 0.25) is 0 Å². The Balaban J connectivity index is 2.11. The molecule has 0 radical (unpaired) electrons. The van der Waals surface area contributed by atoms with Crippen LogP contribution in [0.4, 0.5) is 4.39 Å². The first-order valence-electron chi connectivity index (χ1n) is 6.73. The maximum absolute atomic E-state index is 13.6. The van der Waals surface area contributed by atoms with E-state index < -0.39 is 0 Å². The molecule has 1 aromatic carbocycles. The van der Waals surface area contributed by atoms with Gasteiger partial charge < -0.3 is 15.7 Å². The van der Waals surface area contributed by atoms with Gasteiger partial charge in [-0.05, 0) is 30.2 Å². The fraction of sp³-hybridized carbons (Fsp3) is 0.500. The molecule has 1 unspecified atom stereocenters. The minimum atomic E-state index is -0.385. The van der Waals surface area contributed by atoms with Crippen LogP contribution in [0.5, 0.6) is 0 Å². The van der Waals surface area contributed by atoms with Gasteiger partial charge in [0.25, 0.3) is 0 Å². The van der Waals surface area contributed by atoms with Crippen LogP contribution in [-0.4, -0.2) is 41.7 Å². The summed E-state index contributed by atoms with van der Waals surface area (Å²) in [5.41, 5.74) is 6.71. The van der Waals surface area contributed by atoms with Crippen LogP contribution in [0.1, 0.15) is 24.5 Å². The molecular formula is C14H20FN3O2. The van der Waals surface area contributed by atoms with Gasteiger partial charge in [-0.25, -0.2) is 4.39 Å². The highest BCUT2D eigenvalue weighted by molar-refractivity contribution is 5.97. The summed E-state index contributed by atoms with van der Waals surface area (Å²) in [6.07, 6.45) is 1.20. The van der Waals surface area contributed by atoms with E-state index in [9.17, 15) is 4.39 Å². The first-order chi connectivity index (χ1) is 9.62. The second-order valence-corrected chi connectivity index (χ2v) is 4.97. The van der Waals surface area contributed by atoms with Crippen LogP contribution in [0, 0.1) is 5.82 Å². The van der Waals surface area contributed by atoms with Crippen molar-refractivity contribution < 1.29 is 14.3 Å². The maximum atomic E-state index is 13.6. The van der Waals surface area contributed by atoms with Gasteiger partial charge in [0.15, 0.2) is 5.84 Å². The van der Waals surface area contributed by atoms with Crippen molar-refractivity contribution in [2.24, 2.45) is 10.9 Å². The number of rotatable bonds is 4. The van der Waals surface area contributed by atoms with Crippen LogP contribution in [-0.2, 0) is 11.3 Å². The first kappa shape index (κ1) is 14.7. The van der Waals surface area contributed by atoms with Gasteiger partial charge in [-0.2, -0.15) is 0 Å². The van der Waals surface area contributed by atoms with Crippen molar-refractivity contribution >= 4 is 5.84 Å². The molecule has 1 aliphatic rings. The Kier molecular flexibility index (Phi) is 4.92. The van der Waals surface area contributed by atoms with Gasteiger partial charge in [-0.3, -0.25) is 4.90 Å². The molecule has 1 heterocycles. The highest BCUT2D eigenvalue weighted by atomic mass is 19.1. The fourth-order valence-corrected chi connectivity index (χ4v) is 2.38. The third-order valence-corrected chi connectivity index (χ3v) is 3.45. The van der Waals surface area contributed by atoms with Gasteiger partial charge in [0.05, 0.1) is 12.7 Å². The van der Waals surface area contributed by atoms with Gasteiger partial charge in [0.1, 0.15) is 5.82 Å². The molecule has 0 spiro atoms. The Morgan fingerprint density at radius 2 is 2.35 bits per heavy atom. The summed E-state index contributed by atoms with van der Waals surface area (Å²) >= 11 is 0. The third-order valence-electron chi connectivity index (χ3n) is 3.45. The lowest BCUT2D eigenvalue weighted by Crippen LogP contribution is -2.41. The smallest absolute Gasteiger partial charge is 0.170 e. The molecule has 0 bridgehead atoms. The molecule has 1 aliphatic heterocycles. The molecule has 0 aromatic heterocycles. The molecule has 5 nitrogen and oxygen atoms in total. The van der Waals surface area contributed by atoms with Crippen molar-refractivity contribution in [3.8, 4) is 0 Å². The maximum Gasteiger partial charge on any atom is 0.170 e. The minimum Gasteiger partial charge on any atom is -0.409 e. The molecule has 1 fully saturated rings. The van der Waals surface area contributed by atoms with Crippen molar-refractivity contribution in [3.63, 3.8) is 0 Å². The monoisotopic (exact) mass is 281 g/mol. The van der Waals surface area contributed by atoms with Crippen molar-refractivity contribution in [1.29, 1.82) is 0 Å². The number of halogens is 1. The van der Waals surface area contributed by atoms with E-state index in [0.29, 0.717) is 18.7 Å². The molecule has 0 aliphatic carbocycles. The molecule has 20 heavy (non-hydrogen) atoms. The average molecular weight is 281 g/mol. The topological polar surface area (TPSA) is 71.1 Å². The van der Waals surface area contributed by atoms with Crippen molar-refractivity contribution in [1.82, 2.24) is 4.90 Å². The number of hydrogen-bond acceptors (Lipinski definition) is 4. The van der Waals surface area contributed by atoms with Crippen molar-refractivity contribution in [2.45, 2.75) is 26.0 Å². The van der Waals surface area contributed by atoms with Crippen LogP contribution in [0.2, 0.25) is 0 Å². The Labute approximate surface area is 117 Å². The van der Waals surface area contributed by atoms with Crippen molar-refractivity contribution in [3.05, 3.63) is 35.1 Å². The lowest BCUT2D eigenvalue weighted by Gasteiger charge is -2.32. The second kappa shape index (κ2) is 6.67. The Bertz CT molecular complexity index is 493. The zero-order valence-corrected chi connectivity index (χ0v) is 11.6. The van der Waals surface area contributed by atoms with Crippen LogP contribution < -0.4 is 5.73 Å². The van der Waals surface area contributed by atoms with E-state index in [1.54, 1.807) is 6.07 Å². The number of oxime groups is 1. The van der Waals surface area contributed by atoms with Crippen LogP contribution in [0.15, 0.2) is 23.4 Å².